The highest BCUT2D eigenvalue weighted by atomic mass is 32.2. The van der Waals surface area contributed by atoms with Crippen LogP contribution in [0.1, 0.15) is 107 Å². The second-order valence-electron chi connectivity index (χ2n) is 11.4. The van der Waals surface area contributed by atoms with E-state index in [1.54, 1.807) is 11.8 Å². The molecule has 180 valence electrons. The van der Waals surface area contributed by atoms with E-state index in [1.807, 2.05) is 0 Å². The van der Waals surface area contributed by atoms with E-state index >= 15 is 0 Å². The Hall–Kier alpha value is -0.510. The molecule has 0 unspecified atom stereocenters. The number of ketones is 1. The third-order valence-electron chi connectivity index (χ3n) is 9.21. The SMILES string of the molecule is CC[C@H]([C@H](C)CC)[C@H](C)[C@@]12CCC[C@@](C)(COC(=O)CSC(C)(C)CC)[C@@H]1C(=O)CC2. The summed E-state index contributed by atoms with van der Waals surface area (Å²) < 4.78 is 5.94. The van der Waals surface area contributed by atoms with Crippen molar-refractivity contribution in [3.05, 3.63) is 0 Å². The van der Waals surface area contributed by atoms with Gasteiger partial charge in [-0.15, -0.1) is 11.8 Å². The van der Waals surface area contributed by atoms with Crippen LogP contribution in [-0.4, -0.2) is 28.9 Å². The first-order valence-corrected chi connectivity index (χ1v) is 13.8. The van der Waals surface area contributed by atoms with Crippen molar-refractivity contribution < 1.29 is 14.3 Å². The highest BCUT2D eigenvalue weighted by molar-refractivity contribution is 8.01. The van der Waals surface area contributed by atoms with Gasteiger partial charge in [0.15, 0.2) is 0 Å². The first-order chi connectivity index (χ1) is 14.5. The highest BCUT2D eigenvalue weighted by Crippen LogP contribution is 2.63. The summed E-state index contributed by atoms with van der Waals surface area (Å²) >= 11 is 1.67. The molecule has 6 atom stereocenters. The van der Waals surface area contributed by atoms with E-state index in [0.717, 1.165) is 32.1 Å². The molecule has 0 aromatic heterocycles. The molecule has 0 heterocycles. The molecule has 2 saturated carbocycles. The fraction of sp³-hybridized carbons (Fsp3) is 0.926. The highest BCUT2D eigenvalue weighted by Gasteiger charge is 2.61. The molecular weight excluding hydrogens is 404 g/mol. The molecule has 0 N–H and O–H groups in total. The number of Topliss-reactive ketones (excluding diaryl/α,β-unsaturated/α-hetero) is 1. The normalized spacial score (nSPS) is 31.7. The zero-order valence-corrected chi connectivity index (χ0v) is 22.3. The Bertz CT molecular complexity index is 630. The summed E-state index contributed by atoms with van der Waals surface area (Å²) in [6, 6.07) is 0. The van der Waals surface area contributed by atoms with Crippen LogP contribution < -0.4 is 0 Å². The van der Waals surface area contributed by atoms with Gasteiger partial charge >= 0.3 is 5.97 Å². The number of ether oxygens (including phenoxy) is 1. The van der Waals surface area contributed by atoms with Crippen molar-refractivity contribution in [3.8, 4) is 0 Å². The predicted octanol–water partition coefficient (Wildman–Crippen LogP) is 7.32. The lowest BCUT2D eigenvalue weighted by Gasteiger charge is -2.54. The summed E-state index contributed by atoms with van der Waals surface area (Å²) in [4.78, 5) is 25.8. The molecule has 0 bridgehead atoms. The molecule has 0 aliphatic heterocycles. The Morgan fingerprint density at radius 3 is 2.42 bits per heavy atom. The second-order valence-corrected chi connectivity index (χ2v) is 13.1. The van der Waals surface area contributed by atoms with Gasteiger partial charge in [0.2, 0.25) is 0 Å². The van der Waals surface area contributed by atoms with Crippen molar-refractivity contribution in [2.45, 2.75) is 112 Å². The van der Waals surface area contributed by atoms with Gasteiger partial charge in [0.25, 0.3) is 0 Å². The van der Waals surface area contributed by atoms with Crippen molar-refractivity contribution in [3.63, 3.8) is 0 Å². The zero-order chi connectivity index (χ0) is 23.4. The van der Waals surface area contributed by atoms with Crippen LogP contribution >= 0.6 is 11.8 Å². The summed E-state index contributed by atoms with van der Waals surface area (Å²) in [7, 11) is 0. The van der Waals surface area contributed by atoms with Crippen molar-refractivity contribution in [1.82, 2.24) is 0 Å². The molecule has 2 aliphatic rings. The molecule has 0 radical (unpaired) electrons. The molecular formula is C27H48O3S. The van der Waals surface area contributed by atoms with Gasteiger partial charge in [0.1, 0.15) is 5.78 Å². The Kier molecular flexibility index (Phi) is 9.15. The van der Waals surface area contributed by atoms with Crippen LogP contribution in [0.2, 0.25) is 0 Å². The fourth-order valence-electron chi connectivity index (χ4n) is 6.78. The third kappa shape index (κ3) is 5.71. The van der Waals surface area contributed by atoms with Crippen LogP contribution in [0, 0.1) is 34.5 Å². The molecule has 2 rings (SSSR count). The molecule has 0 aromatic rings. The Balaban J connectivity index is 2.18. The maximum absolute atomic E-state index is 13.3. The van der Waals surface area contributed by atoms with E-state index in [9.17, 15) is 9.59 Å². The average Bonchev–Trinajstić information content (AvgIpc) is 3.10. The van der Waals surface area contributed by atoms with E-state index in [1.165, 1.54) is 12.8 Å². The number of carbonyl (C=O) groups excluding carboxylic acids is 2. The maximum Gasteiger partial charge on any atom is 0.315 e. The topological polar surface area (TPSA) is 43.4 Å². The third-order valence-corrected chi connectivity index (χ3v) is 10.7. The Labute approximate surface area is 196 Å². The van der Waals surface area contributed by atoms with Gasteiger partial charge < -0.3 is 4.74 Å². The second kappa shape index (κ2) is 10.6. The van der Waals surface area contributed by atoms with E-state index in [2.05, 4.69) is 55.4 Å². The first kappa shape index (κ1) is 26.7. The number of thioether (sulfide) groups is 1. The number of hydrogen-bond donors (Lipinski definition) is 0. The molecule has 0 spiro atoms. The van der Waals surface area contributed by atoms with E-state index in [0.29, 0.717) is 42.3 Å². The zero-order valence-electron chi connectivity index (χ0n) is 21.5. The van der Waals surface area contributed by atoms with Crippen molar-refractivity contribution in [2.75, 3.05) is 12.4 Å². The van der Waals surface area contributed by atoms with Crippen LogP contribution in [0.4, 0.5) is 0 Å². The van der Waals surface area contributed by atoms with Gasteiger partial charge in [0, 0.05) is 22.5 Å². The summed E-state index contributed by atoms with van der Waals surface area (Å²) in [5.41, 5.74) is -0.145. The van der Waals surface area contributed by atoms with Crippen molar-refractivity contribution in [1.29, 1.82) is 0 Å². The summed E-state index contributed by atoms with van der Waals surface area (Å²) in [5, 5.41) is 0. The molecule has 4 heteroatoms. The first-order valence-electron chi connectivity index (χ1n) is 12.8. The van der Waals surface area contributed by atoms with E-state index in [4.69, 9.17) is 4.74 Å². The van der Waals surface area contributed by atoms with Crippen molar-refractivity contribution in [2.24, 2.45) is 34.5 Å². The number of hydrogen-bond acceptors (Lipinski definition) is 4. The molecule has 3 nitrogen and oxygen atoms in total. The molecule has 0 saturated heterocycles. The van der Waals surface area contributed by atoms with Crippen LogP contribution in [0.5, 0.6) is 0 Å². The lowest BCUT2D eigenvalue weighted by Crippen LogP contribution is -2.52. The predicted molar refractivity (Wildman–Crippen MR) is 132 cm³/mol. The van der Waals surface area contributed by atoms with Gasteiger partial charge in [-0.05, 0) is 48.9 Å². The van der Waals surface area contributed by atoms with Crippen LogP contribution in [0.3, 0.4) is 0 Å². The quantitative estimate of drug-likeness (QED) is 0.308. The van der Waals surface area contributed by atoms with E-state index in [-0.39, 0.29) is 27.5 Å². The van der Waals surface area contributed by atoms with Crippen LogP contribution in [-0.2, 0) is 14.3 Å². The average molecular weight is 453 g/mol. The number of fused-ring (bicyclic) bond motifs is 1. The number of carbonyl (C=O) groups is 2. The lowest BCUT2D eigenvalue weighted by atomic mass is 9.50. The minimum Gasteiger partial charge on any atom is -0.464 e. The minimum absolute atomic E-state index is 0.0365. The lowest BCUT2D eigenvalue weighted by molar-refractivity contribution is -0.155. The van der Waals surface area contributed by atoms with Gasteiger partial charge in [0.05, 0.1) is 12.4 Å². The smallest absolute Gasteiger partial charge is 0.315 e. The molecule has 2 aliphatic carbocycles. The molecule has 0 amide bonds. The van der Waals surface area contributed by atoms with Gasteiger partial charge in [-0.25, -0.2) is 0 Å². The Morgan fingerprint density at radius 2 is 1.84 bits per heavy atom. The number of rotatable bonds is 11. The summed E-state index contributed by atoms with van der Waals surface area (Å²) in [5.74, 6) is 2.57. The van der Waals surface area contributed by atoms with Gasteiger partial charge in [-0.2, -0.15) is 0 Å². The van der Waals surface area contributed by atoms with Gasteiger partial charge in [-0.1, -0.05) is 74.7 Å². The monoisotopic (exact) mass is 452 g/mol. The summed E-state index contributed by atoms with van der Waals surface area (Å²) in [6.07, 6.45) is 8.39. The molecule has 0 aromatic carbocycles. The number of esters is 1. The largest absolute Gasteiger partial charge is 0.464 e. The Morgan fingerprint density at radius 1 is 1.16 bits per heavy atom. The van der Waals surface area contributed by atoms with Crippen LogP contribution in [0.25, 0.3) is 0 Å². The van der Waals surface area contributed by atoms with Gasteiger partial charge in [-0.3, -0.25) is 9.59 Å². The van der Waals surface area contributed by atoms with Crippen molar-refractivity contribution >= 4 is 23.5 Å². The standard InChI is InChI=1S/C27H48O3S/c1-9-19(4)21(10-2)20(5)27-15-12-14-26(8,24(27)22(28)13-16-27)18-30-23(29)17-31-25(6,7)11-3/h19-21,24H,9-18H2,1-8H3/t19-,20+,21-,24+,26+,27+/m1/s1. The molecule has 2 fully saturated rings. The van der Waals surface area contributed by atoms with E-state index < -0.39 is 0 Å². The minimum atomic E-state index is -0.228. The summed E-state index contributed by atoms with van der Waals surface area (Å²) in [6.45, 7) is 18.5. The molecule has 31 heavy (non-hydrogen) atoms. The van der Waals surface area contributed by atoms with Crippen LogP contribution in [0.15, 0.2) is 0 Å². The maximum atomic E-state index is 13.3. The fourth-order valence-corrected chi connectivity index (χ4v) is 7.57.